The highest BCUT2D eigenvalue weighted by molar-refractivity contribution is 7.89. The molecule has 0 aliphatic carbocycles. The van der Waals surface area contributed by atoms with Crippen molar-refractivity contribution < 1.29 is 22.7 Å². The lowest BCUT2D eigenvalue weighted by Gasteiger charge is -2.30. The maximum absolute atomic E-state index is 12.9. The van der Waals surface area contributed by atoms with Crippen LogP contribution in [-0.2, 0) is 14.8 Å². The van der Waals surface area contributed by atoms with Gasteiger partial charge in [-0.25, -0.2) is 8.42 Å². The van der Waals surface area contributed by atoms with Crippen molar-refractivity contribution in [2.45, 2.75) is 24.3 Å². The Hall–Kier alpha value is -1.39. The summed E-state index contributed by atoms with van der Waals surface area (Å²) in [4.78, 5) is 12.9. The van der Waals surface area contributed by atoms with E-state index in [-0.39, 0.29) is 34.8 Å². The first kappa shape index (κ1) is 22.9. The van der Waals surface area contributed by atoms with Crippen molar-refractivity contribution in [2.75, 3.05) is 46.5 Å². The van der Waals surface area contributed by atoms with Gasteiger partial charge in [-0.1, -0.05) is 6.92 Å². The molecule has 0 aromatic heterocycles. The summed E-state index contributed by atoms with van der Waals surface area (Å²) in [5, 5.41) is 6.32. The Balaban J connectivity index is 0.00000280. The number of methoxy groups -OCH3 is 1. The van der Waals surface area contributed by atoms with Gasteiger partial charge in [0.2, 0.25) is 10.0 Å². The molecule has 2 aliphatic heterocycles. The standard InChI is InChI=1S/C18H27N3O5S.ClH/c1-13-12-19-6-5-16(13)20-18(22)15-11-14(3-4-17(15)25-2)27(23,24)21-7-9-26-10-8-21;/h3-4,11,13,16,19H,5-10,12H2,1-2H3,(H,20,22);1H. The Morgan fingerprint density at radius 3 is 2.68 bits per heavy atom. The van der Waals surface area contributed by atoms with Gasteiger partial charge >= 0.3 is 0 Å². The minimum atomic E-state index is -3.68. The van der Waals surface area contributed by atoms with Crippen molar-refractivity contribution in [1.82, 2.24) is 14.9 Å². The van der Waals surface area contributed by atoms with Gasteiger partial charge in [0, 0.05) is 19.1 Å². The summed E-state index contributed by atoms with van der Waals surface area (Å²) < 4.78 is 37.7. The fourth-order valence-corrected chi connectivity index (χ4v) is 4.87. The van der Waals surface area contributed by atoms with Gasteiger partial charge in [-0.3, -0.25) is 4.79 Å². The molecule has 8 nitrogen and oxygen atoms in total. The smallest absolute Gasteiger partial charge is 0.255 e. The Morgan fingerprint density at radius 1 is 1.32 bits per heavy atom. The number of piperidine rings is 1. The monoisotopic (exact) mass is 433 g/mol. The van der Waals surface area contributed by atoms with Crippen LogP contribution in [0.2, 0.25) is 0 Å². The number of sulfonamides is 1. The molecule has 2 aliphatic rings. The first-order valence-electron chi connectivity index (χ1n) is 9.21. The van der Waals surface area contributed by atoms with Gasteiger partial charge in [0.15, 0.2) is 0 Å². The van der Waals surface area contributed by atoms with Gasteiger partial charge in [-0.05, 0) is 43.6 Å². The van der Waals surface area contributed by atoms with Crippen LogP contribution in [0, 0.1) is 5.92 Å². The van der Waals surface area contributed by atoms with Crippen LogP contribution in [-0.4, -0.2) is 71.2 Å². The summed E-state index contributed by atoms with van der Waals surface area (Å²) in [6, 6.07) is 4.47. The van der Waals surface area contributed by atoms with E-state index >= 15 is 0 Å². The number of hydrogen-bond donors (Lipinski definition) is 2. The van der Waals surface area contributed by atoms with Gasteiger partial charge in [0.05, 0.1) is 30.8 Å². The molecule has 2 heterocycles. The molecule has 0 bridgehead atoms. The van der Waals surface area contributed by atoms with Crippen LogP contribution in [0.5, 0.6) is 5.75 Å². The first-order valence-corrected chi connectivity index (χ1v) is 10.6. The number of halogens is 1. The second kappa shape index (κ2) is 9.89. The summed E-state index contributed by atoms with van der Waals surface area (Å²) in [7, 11) is -2.21. The molecule has 10 heteroatoms. The molecule has 2 fully saturated rings. The second-order valence-electron chi connectivity index (χ2n) is 6.93. The van der Waals surface area contributed by atoms with Crippen molar-refractivity contribution in [2.24, 2.45) is 5.92 Å². The predicted octanol–water partition coefficient (Wildman–Crippen LogP) is 0.866. The number of carbonyl (C=O) groups excluding carboxylic acids is 1. The van der Waals surface area contributed by atoms with E-state index in [1.54, 1.807) is 0 Å². The molecular formula is C18H28ClN3O5S. The number of ether oxygens (including phenoxy) is 2. The molecule has 2 saturated heterocycles. The second-order valence-corrected chi connectivity index (χ2v) is 8.87. The molecule has 0 saturated carbocycles. The van der Waals surface area contributed by atoms with Crippen molar-refractivity contribution in [3.05, 3.63) is 23.8 Å². The van der Waals surface area contributed by atoms with Gasteiger partial charge in [0.25, 0.3) is 5.91 Å². The van der Waals surface area contributed by atoms with Crippen LogP contribution in [0.15, 0.2) is 23.1 Å². The van der Waals surface area contributed by atoms with Crippen molar-refractivity contribution >= 4 is 28.3 Å². The van der Waals surface area contributed by atoms with Gasteiger partial charge < -0.3 is 20.1 Å². The summed E-state index contributed by atoms with van der Waals surface area (Å²) in [5.74, 6) is 0.341. The van der Waals surface area contributed by atoms with Crippen LogP contribution in [0.1, 0.15) is 23.7 Å². The SMILES string of the molecule is COc1ccc(S(=O)(=O)N2CCOCC2)cc1C(=O)NC1CCNCC1C.Cl. The van der Waals surface area contributed by atoms with E-state index in [0.29, 0.717) is 38.0 Å². The summed E-state index contributed by atoms with van der Waals surface area (Å²) >= 11 is 0. The number of morpholine rings is 1. The minimum Gasteiger partial charge on any atom is -0.496 e. The largest absolute Gasteiger partial charge is 0.496 e. The third kappa shape index (κ3) is 4.96. The van der Waals surface area contributed by atoms with Gasteiger partial charge in [-0.2, -0.15) is 4.31 Å². The predicted molar refractivity (Wildman–Crippen MR) is 108 cm³/mol. The molecule has 0 spiro atoms. The number of amides is 1. The Kier molecular flexibility index (Phi) is 8.08. The van der Waals surface area contributed by atoms with E-state index in [0.717, 1.165) is 19.5 Å². The fraction of sp³-hybridized carbons (Fsp3) is 0.611. The topological polar surface area (TPSA) is 97.0 Å². The van der Waals surface area contributed by atoms with E-state index in [2.05, 4.69) is 17.6 Å². The first-order chi connectivity index (χ1) is 12.9. The minimum absolute atomic E-state index is 0. The van der Waals surface area contributed by atoms with Crippen LogP contribution in [0.4, 0.5) is 0 Å². The lowest BCUT2D eigenvalue weighted by atomic mass is 9.95. The molecule has 1 amide bonds. The molecular weight excluding hydrogens is 406 g/mol. The van der Waals surface area contributed by atoms with Crippen molar-refractivity contribution in [1.29, 1.82) is 0 Å². The van der Waals surface area contributed by atoms with Crippen LogP contribution < -0.4 is 15.4 Å². The highest BCUT2D eigenvalue weighted by Gasteiger charge is 2.29. The highest BCUT2D eigenvalue weighted by atomic mass is 35.5. The van der Waals surface area contributed by atoms with Crippen LogP contribution in [0.25, 0.3) is 0 Å². The molecule has 2 unspecified atom stereocenters. The Bertz CT molecular complexity index is 783. The van der Waals surface area contributed by atoms with E-state index < -0.39 is 10.0 Å². The number of nitrogens with one attached hydrogen (secondary N) is 2. The van der Waals surface area contributed by atoms with Crippen LogP contribution in [0.3, 0.4) is 0 Å². The zero-order chi connectivity index (χ0) is 19.4. The molecule has 1 aromatic rings. The van der Waals surface area contributed by atoms with E-state index in [1.165, 1.54) is 29.6 Å². The summed E-state index contributed by atoms with van der Waals surface area (Å²) in [6.45, 7) is 5.12. The Morgan fingerprint density at radius 2 is 2.04 bits per heavy atom. The third-order valence-corrected chi connectivity index (χ3v) is 7.02. The van der Waals surface area contributed by atoms with E-state index in [1.807, 2.05) is 0 Å². The van der Waals surface area contributed by atoms with Crippen LogP contribution >= 0.6 is 12.4 Å². The van der Waals surface area contributed by atoms with E-state index in [4.69, 9.17) is 9.47 Å². The third-order valence-electron chi connectivity index (χ3n) is 5.13. The zero-order valence-corrected chi connectivity index (χ0v) is 17.8. The molecule has 2 atom stereocenters. The average Bonchev–Trinajstić information content (AvgIpc) is 2.69. The molecule has 3 rings (SSSR count). The van der Waals surface area contributed by atoms with E-state index in [9.17, 15) is 13.2 Å². The summed E-state index contributed by atoms with van der Waals surface area (Å²) in [5.41, 5.74) is 0.234. The number of nitrogens with zero attached hydrogens (tertiary/aromatic N) is 1. The van der Waals surface area contributed by atoms with Gasteiger partial charge in [-0.15, -0.1) is 12.4 Å². The fourth-order valence-electron chi connectivity index (χ4n) is 3.44. The highest BCUT2D eigenvalue weighted by Crippen LogP contribution is 2.25. The number of carbonyl (C=O) groups is 1. The number of rotatable bonds is 5. The lowest BCUT2D eigenvalue weighted by molar-refractivity contribution is 0.0730. The normalized spacial score (nSPS) is 23.5. The quantitative estimate of drug-likeness (QED) is 0.715. The molecule has 2 N–H and O–H groups in total. The molecule has 158 valence electrons. The Labute approximate surface area is 172 Å². The molecule has 0 radical (unpaired) electrons. The lowest BCUT2D eigenvalue weighted by Crippen LogP contribution is -2.48. The number of hydrogen-bond acceptors (Lipinski definition) is 6. The van der Waals surface area contributed by atoms with Crippen molar-refractivity contribution in [3.8, 4) is 5.75 Å². The van der Waals surface area contributed by atoms with Crippen molar-refractivity contribution in [3.63, 3.8) is 0 Å². The summed E-state index contributed by atoms with van der Waals surface area (Å²) in [6.07, 6.45) is 0.834. The zero-order valence-electron chi connectivity index (χ0n) is 16.1. The molecule has 28 heavy (non-hydrogen) atoms. The average molecular weight is 434 g/mol. The maximum Gasteiger partial charge on any atom is 0.255 e. The van der Waals surface area contributed by atoms with Gasteiger partial charge in [0.1, 0.15) is 5.75 Å². The number of benzene rings is 1. The molecule has 1 aromatic carbocycles. The maximum atomic E-state index is 12.9.